The Morgan fingerprint density at radius 2 is 1.57 bits per heavy atom. The predicted octanol–water partition coefficient (Wildman–Crippen LogP) is 1.81. The number of rotatable bonds is 3. The molecule has 0 spiro atoms. The molecule has 2 saturated heterocycles. The summed E-state index contributed by atoms with van der Waals surface area (Å²) in [4.78, 5) is 12.0. The molecule has 0 atom stereocenters. The normalized spacial score (nSPS) is 22.3. The van der Waals surface area contributed by atoms with Crippen LogP contribution >= 0.6 is 0 Å². The lowest BCUT2D eigenvalue weighted by atomic mass is 10.1. The number of carbonyl (C=O) groups is 1. The van der Waals surface area contributed by atoms with Crippen molar-refractivity contribution in [1.82, 2.24) is 10.2 Å². The van der Waals surface area contributed by atoms with Gasteiger partial charge in [0.15, 0.2) is 0 Å². The second-order valence-corrected chi connectivity index (χ2v) is 6.91. The summed E-state index contributed by atoms with van der Waals surface area (Å²) < 4.78 is 10.7. The molecule has 0 radical (unpaired) electrons. The van der Waals surface area contributed by atoms with Crippen LogP contribution in [0, 0.1) is 0 Å². The molecule has 0 aromatic rings. The molecule has 2 aliphatic rings. The molecular weight excluding hydrogens is 268 g/mol. The van der Waals surface area contributed by atoms with Crippen LogP contribution in [0.15, 0.2) is 0 Å². The van der Waals surface area contributed by atoms with Gasteiger partial charge in [0.2, 0.25) is 0 Å². The quantitative estimate of drug-likeness (QED) is 0.806. The van der Waals surface area contributed by atoms with E-state index < -0.39 is 0 Å². The van der Waals surface area contributed by atoms with Gasteiger partial charge in [-0.2, -0.15) is 0 Å². The van der Waals surface area contributed by atoms with Gasteiger partial charge in [0, 0.05) is 13.1 Å². The van der Waals surface area contributed by atoms with Gasteiger partial charge in [-0.1, -0.05) is 0 Å². The minimum absolute atomic E-state index is 0.318. The average molecular weight is 300 g/mol. The fourth-order valence-corrected chi connectivity index (χ4v) is 2.47. The van der Waals surface area contributed by atoms with E-state index in [0.717, 1.165) is 13.1 Å². The number of likely N-dealkylation sites (tertiary alicyclic amines) is 1. The van der Waals surface area contributed by atoms with E-state index in [2.05, 4.69) is 22.0 Å². The number of nitrogens with zero attached hydrogens (tertiary/aromatic N) is 1. The maximum atomic E-state index is 9.60. The van der Waals surface area contributed by atoms with E-state index in [0.29, 0.717) is 18.7 Å². The number of carbonyl (C=O) groups excluding carboxylic acids is 1. The Morgan fingerprint density at radius 3 is 2.00 bits per heavy atom. The monoisotopic (exact) mass is 300 g/mol. The minimum Gasteiger partial charge on any atom is -0.462 e. The lowest BCUT2D eigenvalue weighted by Gasteiger charge is -2.33. The van der Waals surface area contributed by atoms with Crippen molar-refractivity contribution in [3.05, 3.63) is 0 Å². The molecular formula is C16H32N2O3. The van der Waals surface area contributed by atoms with Gasteiger partial charge in [0.05, 0.1) is 12.2 Å². The van der Waals surface area contributed by atoms with Crippen molar-refractivity contribution in [2.75, 3.05) is 33.2 Å². The molecule has 0 aromatic carbocycles. The van der Waals surface area contributed by atoms with Crippen molar-refractivity contribution in [1.29, 1.82) is 0 Å². The van der Waals surface area contributed by atoms with Crippen LogP contribution in [0.1, 0.15) is 46.5 Å². The van der Waals surface area contributed by atoms with Crippen LogP contribution in [0.25, 0.3) is 0 Å². The van der Waals surface area contributed by atoms with Crippen molar-refractivity contribution in [3.8, 4) is 0 Å². The third-order valence-corrected chi connectivity index (χ3v) is 3.74. The van der Waals surface area contributed by atoms with Gasteiger partial charge in [-0.25, -0.2) is 0 Å². The zero-order chi connectivity index (χ0) is 15.7. The van der Waals surface area contributed by atoms with Crippen LogP contribution in [-0.4, -0.2) is 62.4 Å². The van der Waals surface area contributed by atoms with E-state index in [-0.39, 0.29) is 5.60 Å². The van der Waals surface area contributed by atoms with Crippen LogP contribution in [-0.2, 0) is 14.3 Å². The van der Waals surface area contributed by atoms with Crippen LogP contribution in [0.5, 0.6) is 0 Å². The number of ether oxygens (including phenoxy) is 2. The molecule has 0 bridgehead atoms. The summed E-state index contributed by atoms with van der Waals surface area (Å²) in [5.74, 6) is 0. The fraction of sp³-hybridized carbons (Fsp3) is 0.938. The Morgan fingerprint density at radius 1 is 1.05 bits per heavy atom. The molecule has 2 aliphatic heterocycles. The molecule has 124 valence electrons. The van der Waals surface area contributed by atoms with Crippen LogP contribution < -0.4 is 5.32 Å². The zero-order valence-corrected chi connectivity index (χ0v) is 14.1. The predicted molar refractivity (Wildman–Crippen MR) is 84.4 cm³/mol. The second-order valence-electron chi connectivity index (χ2n) is 6.91. The maximum absolute atomic E-state index is 9.60. The third kappa shape index (κ3) is 9.06. The molecule has 0 aliphatic carbocycles. The highest BCUT2D eigenvalue weighted by Gasteiger charge is 2.22. The van der Waals surface area contributed by atoms with Gasteiger partial charge in [-0.15, -0.1) is 0 Å². The topological polar surface area (TPSA) is 50.8 Å². The van der Waals surface area contributed by atoms with E-state index in [1.165, 1.54) is 38.8 Å². The van der Waals surface area contributed by atoms with E-state index in [1.54, 1.807) is 0 Å². The molecule has 2 fully saturated rings. The summed E-state index contributed by atoms with van der Waals surface area (Å²) in [5.41, 5.74) is -0.318. The standard InChI is InChI=1S/C11H22N2O.C5H10O2/c1-13-8-4-11(5-9-13)14-10-2-6-12-7-3-10;1-5(2,3)7-4-6/h10-12H,2-9H2,1H3;4H,1-3H3. The molecule has 5 heteroatoms. The Labute approximate surface area is 129 Å². The number of piperidine rings is 2. The van der Waals surface area contributed by atoms with Gasteiger partial charge in [0.25, 0.3) is 6.47 Å². The van der Waals surface area contributed by atoms with E-state index >= 15 is 0 Å². The highest BCUT2D eigenvalue weighted by atomic mass is 16.5. The first-order valence-electron chi connectivity index (χ1n) is 8.07. The minimum atomic E-state index is -0.318. The molecule has 0 aromatic heterocycles. The zero-order valence-electron chi connectivity index (χ0n) is 14.1. The molecule has 2 rings (SSSR count). The largest absolute Gasteiger partial charge is 0.462 e. The average Bonchev–Trinajstić information content (AvgIpc) is 2.42. The molecule has 0 unspecified atom stereocenters. The van der Waals surface area contributed by atoms with E-state index in [4.69, 9.17) is 4.74 Å². The molecule has 0 saturated carbocycles. The van der Waals surface area contributed by atoms with Gasteiger partial charge in [-0.3, -0.25) is 4.79 Å². The van der Waals surface area contributed by atoms with E-state index in [1.807, 2.05) is 20.8 Å². The summed E-state index contributed by atoms with van der Waals surface area (Å²) >= 11 is 0. The molecule has 5 nitrogen and oxygen atoms in total. The van der Waals surface area contributed by atoms with E-state index in [9.17, 15) is 4.79 Å². The molecule has 2 heterocycles. The second kappa shape index (κ2) is 9.38. The summed E-state index contributed by atoms with van der Waals surface area (Å²) in [5, 5.41) is 3.37. The van der Waals surface area contributed by atoms with Gasteiger partial charge >= 0.3 is 0 Å². The van der Waals surface area contributed by atoms with Crippen molar-refractivity contribution < 1.29 is 14.3 Å². The van der Waals surface area contributed by atoms with Crippen LogP contribution in [0.3, 0.4) is 0 Å². The highest BCUT2D eigenvalue weighted by molar-refractivity contribution is 5.37. The lowest BCUT2D eigenvalue weighted by Crippen LogP contribution is -2.39. The summed E-state index contributed by atoms with van der Waals surface area (Å²) in [7, 11) is 2.20. The summed E-state index contributed by atoms with van der Waals surface area (Å²) in [6.45, 7) is 10.6. The Hall–Kier alpha value is -0.650. The van der Waals surface area contributed by atoms with Crippen molar-refractivity contribution in [3.63, 3.8) is 0 Å². The maximum Gasteiger partial charge on any atom is 0.293 e. The Balaban J connectivity index is 0.000000270. The van der Waals surface area contributed by atoms with Crippen molar-refractivity contribution in [2.45, 2.75) is 64.3 Å². The van der Waals surface area contributed by atoms with Crippen molar-refractivity contribution >= 4 is 6.47 Å². The molecule has 1 N–H and O–H groups in total. The first-order chi connectivity index (χ1) is 9.90. The van der Waals surface area contributed by atoms with Crippen LogP contribution in [0.4, 0.5) is 0 Å². The first-order valence-corrected chi connectivity index (χ1v) is 8.07. The highest BCUT2D eigenvalue weighted by Crippen LogP contribution is 2.17. The summed E-state index contributed by atoms with van der Waals surface area (Å²) in [6, 6.07) is 0. The first kappa shape index (κ1) is 18.4. The smallest absolute Gasteiger partial charge is 0.293 e. The third-order valence-electron chi connectivity index (χ3n) is 3.74. The molecule has 0 amide bonds. The van der Waals surface area contributed by atoms with Crippen LogP contribution in [0.2, 0.25) is 0 Å². The molecule has 21 heavy (non-hydrogen) atoms. The Kier molecular flexibility index (Phi) is 8.22. The SMILES string of the molecule is CC(C)(C)OC=O.CN1CCC(OC2CCNCC2)CC1. The van der Waals surface area contributed by atoms with Gasteiger partial charge in [-0.05, 0) is 66.6 Å². The summed E-state index contributed by atoms with van der Waals surface area (Å²) in [6.07, 6.45) is 5.92. The van der Waals surface area contributed by atoms with Crippen molar-refractivity contribution in [2.24, 2.45) is 0 Å². The van der Waals surface area contributed by atoms with Gasteiger partial charge < -0.3 is 19.7 Å². The Bertz CT molecular complexity index is 278. The number of hydrogen-bond acceptors (Lipinski definition) is 5. The number of hydrogen-bond donors (Lipinski definition) is 1. The number of nitrogens with one attached hydrogen (secondary N) is 1. The van der Waals surface area contributed by atoms with Gasteiger partial charge in [0.1, 0.15) is 5.60 Å². The fourth-order valence-electron chi connectivity index (χ4n) is 2.47. The lowest BCUT2D eigenvalue weighted by molar-refractivity contribution is -0.138.